The van der Waals surface area contributed by atoms with Crippen LogP contribution in [-0.2, 0) is 25.7 Å². The molecule has 6 rings (SSSR count). The minimum Gasteiger partial charge on any atom is -0.359 e. The summed E-state index contributed by atoms with van der Waals surface area (Å²) < 4.78 is 6.48. The number of likely N-dealkylation sites (tertiary alicyclic amines) is 1. The number of aryl methyl sites for hydroxylation is 1. The van der Waals surface area contributed by atoms with E-state index in [4.69, 9.17) is 4.74 Å². The summed E-state index contributed by atoms with van der Waals surface area (Å²) in [6.07, 6.45) is 6.37. The van der Waals surface area contributed by atoms with Crippen molar-refractivity contribution in [2.24, 2.45) is 23.7 Å². The lowest BCUT2D eigenvalue weighted by Gasteiger charge is -2.38. The van der Waals surface area contributed by atoms with Gasteiger partial charge >= 0.3 is 0 Å². The summed E-state index contributed by atoms with van der Waals surface area (Å²) in [6.45, 7) is 6.72. The second-order valence-corrected chi connectivity index (χ2v) is 12.5. The Morgan fingerprint density at radius 1 is 1.16 bits per heavy atom. The van der Waals surface area contributed by atoms with Crippen LogP contribution in [0.5, 0.6) is 0 Å². The minimum atomic E-state index is -1.15. The van der Waals surface area contributed by atoms with Crippen molar-refractivity contribution in [3.8, 4) is 0 Å². The number of hydrogen-bond acceptors (Lipinski definition) is 5. The van der Waals surface area contributed by atoms with Gasteiger partial charge in [-0.25, -0.2) is 0 Å². The van der Waals surface area contributed by atoms with Crippen LogP contribution in [0.4, 0.5) is 5.69 Å². The van der Waals surface area contributed by atoms with Crippen molar-refractivity contribution in [3.63, 3.8) is 0 Å². The fourth-order valence-electron chi connectivity index (χ4n) is 7.00. The minimum absolute atomic E-state index is 0.0587. The molecule has 0 unspecified atom stereocenters. The summed E-state index contributed by atoms with van der Waals surface area (Å²) in [5.74, 6) is -1.20. The van der Waals surface area contributed by atoms with E-state index in [2.05, 4.69) is 24.5 Å². The van der Waals surface area contributed by atoms with Crippen LogP contribution < -0.4 is 10.6 Å². The quantitative estimate of drug-likeness (QED) is 0.543. The SMILES string of the molecule is Cc1cccc(NC(=O)[C@H]2[C@H]3C=C[C@@]4(O3)[C@H]2C(=O)N(Cc2cccs2)[C@@H]4C(=O)N[C@@H]2CCC[C@@H](C)[C@@H]2C)c1. The summed E-state index contributed by atoms with van der Waals surface area (Å²) in [7, 11) is 0. The Kier molecular flexibility index (Phi) is 6.43. The van der Waals surface area contributed by atoms with Crippen molar-refractivity contribution < 1.29 is 19.1 Å². The van der Waals surface area contributed by atoms with Crippen LogP contribution >= 0.6 is 11.3 Å². The topological polar surface area (TPSA) is 87.7 Å². The number of benzene rings is 1. The highest BCUT2D eigenvalue weighted by Gasteiger charge is 2.72. The molecular formula is C30H35N3O4S. The molecule has 3 fully saturated rings. The molecule has 0 radical (unpaired) electrons. The second kappa shape index (κ2) is 9.65. The molecule has 1 aromatic heterocycles. The highest BCUT2D eigenvalue weighted by atomic mass is 32.1. The van der Waals surface area contributed by atoms with E-state index in [0.29, 0.717) is 24.1 Å². The molecule has 4 aliphatic rings. The first-order valence-electron chi connectivity index (χ1n) is 13.7. The average molecular weight is 534 g/mol. The van der Waals surface area contributed by atoms with E-state index >= 15 is 0 Å². The van der Waals surface area contributed by atoms with E-state index in [1.165, 1.54) is 0 Å². The van der Waals surface area contributed by atoms with Crippen molar-refractivity contribution in [2.75, 3.05) is 5.32 Å². The van der Waals surface area contributed by atoms with Crippen molar-refractivity contribution in [1.82, 2.24) is 10.2 Å². The molecule has 7 nitrogen and oxygen atoms in total. The largest absolute Gasteiger partial charge is 0.359 e. The van der Waals surface area contributed by atoms with Gasteiger partial charge in [0.15, 0.2) is 0 Å². The van der Waals surface area contributed by atoms with Crippen LogP contribution in [0.2, 0.25) is 0 Å². The molecule has 2 saturated heterocycles. The van der Waals surface area contributed by atoms with E-state index in [0.717, 1.165) is 29.7 Å². The number of amides is 3. The molecule has 4 heterocycles. The molecule has 38 heavy (non-hydrogen) atoms. The first-order chi connectivity index (χ1) is 18.3. The van der Waals surface area contributed by atoms with Gasteiger partial charge in [0.2, 0.25) is 17.7 Å². The van der Waals surface area contributed by atoms with Gasteiger partial charge in [0, 0.05) is 16.6 Å². The third-order valence-electron chi connectivity index (χ3n) is 9.15. The summed E-state index contributed by atoms with van der Waals surface area (Å²) in [5.41, 5.74) is 0.568. The third kappa shape index (κ3) is 4.09. The molecule has 3 amide bonds. The zero-order chi connectivity index (χ0) is 26.6. The lowest BCUT2D eigenvalue weighted by Crippen LogP contribution is -2.57. The normalized spacial score (nSPS) is 35.4. The van der Waals surface area contributed by atoms with Crippen molar-refractivity contribution in [1.29, 1.82) is 0 Å². The lowest BCUT2D eigenvalue weighted by molar-refractivity contribution is -0.142. The fraction of sp³-hybridized carbons (Fsp3) is 0.500. The Morgan fingerprint density at radius 3 is 2.76 bits per heavy atom. The number of carbonyl (C=O) groups excluding carboxylic acids is 3. The molecule has 1 saturated carbocycles. The van der Waals surface area contributed by atoms with Gasteiger partial charge in [0.1, 0.15) is 11.6 Å². The van der Waals surface area contributed by atoms with Gasteiger partial charge in [-0.1, -0.05) is 57.0 Å². The Morgan fingerprint density at radius 2 is 2.00 bits per heavy atom. The van der Waals surface area contributed by atoms with Crippen LogP contribution in [0, 0.1) is 30.6 Å². The maximum atomic E-state index is 14.1. The number of nitrogens with zero attached hydrogens (tertiary/aromatic N) is 1. The number of rotatable bonds is 6. The standard InChI is InChI=1S/C30H35N3O4S/c1-17-7-4-9-20(15-17)31-27(34)24-23-12-13-30(37-23)25(24)29(36)33(16-21-10-6-14-38-21)26(30)28(35)32-22-11-5-8-18(2)19(22)3/h4,6-7,9-10,12-15,18-19,22-26H,5,8,11,16H2,1-3H3,(H,31,34)(H,32,35)/t18-,19+,22-,23-,24+,25-,26-,30-/m1/s1. The third-order valence-corrected chi connectivity index (χ3v) is 10.0. The monoisotopic (exact) mass is 533 g/mol. The van der Waals surface area contributed by atoms with Crippen LogP contribution in [0.1, 0.15) is 43.6 Å². The Balaban J connectivity index is 1.32. The van der Waals surface area contributed by atoms with Crippen LogP contribution in [0.15, 0.2) is 53.9 Å². The zero-order valence-electron chi connectivity index (χ0n) is 22.1. The molecule has 2 aromatic rings. The maximum Gasteiger partial charge on any atom is 0.246 e. The fourth-order valence-corrected chi connectivity index (χ4v) is 7.71. The van der Waals surface area contributed by atoms with Gasteiger partial charge in [0.05, 0.1) is 24.5 Å². The Hall–Kier alpha value is -2.97. The predicted octanol–water partition coefficient (Wildman–Crippen LogP) is 4.29. The molecule has 8 heteroatoms. The summed E-state index contributed by atoms with van der Waals surface area (Å²) in [5, 5.41) is 8.27. The molecule has 2 N–H and O–H groups in total. The first kappa shape index (κ1) is 25.3. The number of hydrogen-bond donors (Lipinski definition) is 2. The molecule has 1 aliphatic carbocycles. The van der Waals surface area contributed by atoms with Gasteiger partial charge in [-0.3, -0.25) is 14.4 Å². The van der Waals surface area contributed by atoms with Gasteiger partial charge in [0.25, 0.3) is 0 Å². The van der Waals surface area contributed by atoms with E-state index in [1.807, 2.05) is 60.9 Å². The van der Waals surface area contributed by atoms with Crippen molar-refractivity contribution in [3.05, 3.63) is 64.4 Å². The number of fused-ring (bicyclic) bond motifs is 1. The molecular weight excluding hydrogens is 498 g/mol. The van der Waals surface area contributed by atoms with Crippen molar-refractivity contribution in [2.45, 2.75) is 70.4 Å². The summed E-state index contributed by atoms with van der Waals surface area (Å²) >= 11 is 1.55. The number of thiophene rings is 1. The van der Waals surface area contributed by atoms with Gasteiger partial charge in [-0.05, 0) is 54.3 Å². The van der Waals surface area contributed by atoms with E-state index in [9.17, 15) is 14.4 Å². The number of anilines is 1. The first-order valence-corrected chi connectivity index (χ1v) is 14.5. The van der Waals surface area contributed by atoms with Gasteiger partial charge in [-0.2, -0.15) is 0 Å². The zero-order valence-corrected chi connectivity index (χ0v) is 22.9. The summed E-state index contributed by atoms with van der Waals surface area (Å²) in [4.78, 5) is 44.4. The highest BCUT2D eigenvalue weighted by molar-refractivity contribution is 7.09. The van der Waals surface area contributed by atoms with E-state index < -0.39 is 29.6 Å². The second-order valence-electron chi connectivity index (χ2n) is 11.5. The molecule has 8 atom stereocenters. The molecule has 1 aromatic carbocycles. The van der Waals surface area contributed by atoms with Crippen molar-refractivity contribution >= 4 is 34.7 Å². The predicted molar refractivity (Wildman–Crippen MR) is 146 cm³/mol. The lowest BCUT2D eigenvalue weighted by atomic mass is 9.73. The molecule has 2 bridgehead atoms. The molecule has 200 valence electrons. The number of nitrogens with one attached hydrogen (secondary N) is 2. The maximum absolute atomic E-state index is 14.1. The van der Waals surface area contributed by atoms with E-state index in [-0.39, 0.29) is 23.8 Å². The summed E-state index contributed by atoms with van der Waals surface area (Å²) in [6, 6.07) is 10.7. The average Bonchev–Trinajstić information content (AvgIpc) is 3.65. The molecule has 1 spiro atoms. The number of carbonyl (C=O) groups is 3. The Labute approximate surface area is 227 Å². The molecule has 3 aliphatic heterocycles. The van der Waals surface area contributed by atoms with Gasteiger partial charge in [-0.15, -0.1) is 11.3 Å². The Bertz CT molecular complexity index is 1280. The smallest absolute Gasteiger partial charge is 0.246 e. The van der Waals surface area contributed by atoms with Crippen LogP contribution in [0.25, 0.3) is 0 Å². The number of ether oxygens (including phenoxy) is 1. The highest BCUT2D eigenvalue weighted by Crippen LogP contribution is 2.55. The van der Waals surface area contributed by atoms with Gasteiger partial charge < -0.3 is 20.3 Å². The van der Waals surface area contributed by atoms with Crippen LogP contribution in [-0.4, -0.2) is 46.4 Å². The van der Waals surface area contributed by atoms with Crippen LogP contribution in [0.3, 0.4) is 0 Å². The van der Waals surface area contributed by atoms with E-state index in [1.54, 1.807) is 16.2 Å².